The lowest BCUT2D eigenvalue weighted by Crippen LogP contribution is -2.38. The molecule has 22 heavy (non-hydrogen) atoms. The van der Waals surface area contributed by atoms with Gasteiger partial charge in [-0.05, 0) is 45.5 Å². The number of halogens is 1. The Bertz CT molecular complexity index is 452. The molecule has 1 fully saturated rings. The third-order valence-corrected chi connectivity index (χ3v) is 4.18. The molecule has 5 heteroatoms. The first kappa shape index (κ1) is 17.3. The van der Waals surface area contributed by atoms with Crippen LogP contribution in [0.4, 0.5) is 0 Å². The average Bonchev–Trinajstić information content (AvgIpc) is 2.72. The highest BCUT2D eigenvalue weighted by Crippen LogP contribution is 2.16. The van der Waals surface area contributed by atoms with E-state index in [4.69, 9.17) is 16.3 Å². The van der Waals surface area contributed by atoms with Crippen LogP contribution in [-0.4, -0.2) is 60.7 Å². The van der Waals surface area contributed by atoms with Crippen molar-refractivity contribution in [3.8, 4) is 5.88 Å². The largest absolute Gasteiger partial charge is 0.473 e. The van der Waals surface area contributed by atoms with Crippen molar-refractivity contribution in [1.82, 2.24) is 14.8 Å². The Morgan fingerprint density at radius 3 is 2.95 bits per heavy atom. The van der Waals surface area contributed by atoms with E-state index in [1.54, 1.807) is 6.20 Å². The fraction of sp³-hybridized carbons (Fsp3) is 0.588. The molecule has 1 aromatic rings. The number of allylic oxidation sites excluding steroid dienone is 1. The first-order valence-electron chi connectivity index (χ1n) is 7.97. The smallest absolute Gasteiger partial charge is 0.213 e. The third-order valence-electron chi connectivity index (χ3n) is 3.95. The van der Waals surface area contributed by atoms with Crippen LogP contribution in [0.2, 0.25) is 5.02 Å². The molecule has 2 rings (SSSR count). The Morgan fingerprint density at radius 2 is 2.23 bits per heavy atom. The van der Waals surface area contributed by atoms with Crippen LogP contribution in [0.1, 0.15) is 19.3 Å². The number of hydrogen-bond donors (Lipinski definition) is 0. The van der Waals surface area contributed by atoms with E-state index in [9.17, 15) is 0 Å². The van der Waals surface area contributed by atoms with E-state index >= 15 is 0 Å². The van der Waals surface area contributed by atoms with Crippen LogP contribution in [0.15, 0.2) is 31.0 Å². The van der Waals surface area contributed by atoms with E-state index < -0.39 is 0 Å². The minimum Gasteiger partial charge on any atom is -0.473 e. The SMILES string of the molecule is C=CCC[C@H](CN1CCCN(C)CC1)Oc1ccc(Cl)cn1. The number of pyridine rings is 1. The molecule has 2 heterocycles. The molecule has 0 radical (unpaired) electrons. The van der Waals surface area contributed by atoms with Crippen LogP contribution in [0.25, 0.3) is 0 Å². The molecule has 0 bridgehead atoms. The van der Waals surface area contributed by atoms with Gasteiger partial charge in [-0.3, -0.25) is 4.90 Å². The van der Waals surface area contributed by atoms with Crippen molar-refractivity contribution in [2.75, 3.05) is 39.8 Å². The van der Waals surface area contributed by atoms with Crippen LogP contribution in [0.5, 0.6) is 5.88 Å². The van der Waals surface area contributed by atoms with E-state index in [1.807, 2.05) is 18.2 Å². The summed E-state index contributed by atoms with van der Waals surface area (Å²) in [5.74, 6) is 0.644. The molecular formula is C17H26ClN3O. The van der Waals surface area contributed by atoms with Gasteiger partial charge in [0.1, 0.15) is 6.10 Å². The maximum Gasteiger partial charge on any atom is 0.213 e. The Hall–Kier alpha value is -1.10. The molecule has 4 nitrogen and oxygen atoms in total. The lowest BCUT2D eigenvalue weighted by molar-refractivity contribution is 0.123. The highest BCUT2D eigenvalue weighted by Gasteiger charge is 2.18. The zero-order valence-corrected chi connectivity index (χ0v) is 14.1. The highest BCUT2D eigenvalue weighted by molar-refractivity contribution is 6.30. The Labute approximate surface area is 138 Å². The lowest BCUT2D eigenvalue weighted by atomic mass is 10.1. The summed E-state index contributed by atoms with van der Waals surface area (Å²) in [6.07, 6.45) is 6.83. The molecule has 1 saturated heterocycles. The molecule has 1 aliphatic heterocycles. The van der Waals surface area contributed by atoms with Gasteiger partial charge in [0.05, 0.1) is 5.02 Å². The number of rotatable bonds is 7. The number of hydrogen-bond acceptors (Lipinski definition) is 4. The van der Waals surface area contributed by atoms with Crippen LogP contribution in [-0.2, 0) is 0 Å². The summed E-state index contributed by atoms with van der Waals surface area (Å²) in [6.45, 7) is 9.27. The zero-order chi connectivity index (χ0) is 15.8. The monoisotopic (exact) mass is 323 g/mol. The fourth-order valence-corrected chi connectivity index (χ4v) is 2.78. The minimum absolute atomic E-state index is 0.134. The average molecular weight is 324 g/mol. The van der Waals surface area contributed by atoms with Gasteiger partial charge in [-0.1, -0.05) is 17.7 Å². The number of nitrogens with zero attached hydrogens (tertiary/aromatic N) is 3. The zero-order valence-electron chi connectivity index (χ0n) is 13.4. The van der Waals surface area contributed by atoms with E-state index in [2.05, 4.69) is 28.4 Å². The molecular weight excluding hydrogens is 298 g/mol. The molecule has 122 valence electrons. The summed E-state index contributed by atoms with van der Waals surface area (Å²) in [7, 11) is 2.19. The normalized spacial score (nSPS) is 18.6. The van der Waals surface area contributed by atoms with Crippen LogP contribution >= 0.6 is 11.6 Å². The summed E-state index contributed by atoms with van der Waals surface area (Å²) >= 11 is 5.88. The van der Waals surface area contributed by atoms with Gasteiger partial charge in [-0.15, -0.1) is 6.58 Å². The Kier molecular flexibility index (Phi) is 7.16. The molecule has 0 saturated carbocycles. The topological polar surface area (TPSA) is 28.6 Å². The molecule has 0 unspecified atom stereocenters. The quantitative estimate of drug-likeness (QED) is 0.721. The van der Waals surface area contributed by atoms with Crippen LogP contribution in [0.3, 0.4) is 0 Å². The van der Waals surface area contributed by atoms with Crippen molar-refractivity contribution in [1.29, 1.82) is 0 Å². The number of likely N-dealkylation sites (N-methyl/N-ethyl adjacent to an activating group) is 1. The van der Waals surface area contributed by atoms with Gasteiger partial charge in [-0.2, -0.15) is 0 Å². The predicted molar refractivity (Wildman–Crippen MR) is 91.6 cm³/mol. The summed E-state index contributed by atoms with van der Waals surface area (Å²) in [4.78, 5) is 9.13. The molecule has 0 spiro atoms. The second kappa shape index (κ2) is 9.13. The van der Waals surface area contributed by atoms with Gasteiger partial charge >= 0.3 is 0 Å². The summed E-state index contributed by atoms with van der Waals surface area (Å²) in [6, 6.07) is 3.65. The molecule has 0 aromatic carbocycles. The maximum absolute atomic E-state index is 6.07. The standard InChI is InChI=1S/C17H26ClN3O/c1-3-4-6-16(22-17-8-7-15(18)13-19-17)14-21-10-5-9-20(2)11-12-21/h3,7-8,13,16H,1,4-6,9-12,14H2,2H3/t16-/m1/s1. The van der Waals surface area contributed by atoms with E-state index in [-0.39, 0.29) is 6.10 Å². The molecule has 0 aliphatic carbocycles. The molecule has 1 aromatic heterocycles. The van der Waals surface area contributed by atoms with Gasteiger partial charge < -0.3 is 9.64 Å². The molecule has 1 atom stereocenters. The van der Waals surface area contributed by atoms with E-state index in [1.165, 1.54) is 13.0 Å². The van der Waals surface area contributed by atoms with Crippen molar-refractivity contribution >= 4 is 11.6 Å². The van der Waals surface area contributed by atoms with Gasteiger partial charge in [0, 0.05) is 31.9 Å². The second-order valence-corrected chi connectivity index (χ2v) is 6.31. The van der Waals surface area contributed by atoms with Crippen molar-refractivity contribution in [3.05, 3.63) is 36.0 Å². The van der Waals surface area contributed by atoms with Crippen molar-refractivity contribution < 1.29 is 4.74 Å². The van der Waals surface area contributed by atoms with E-state index in [0.29, 0.717) is 10.9 Å². The van der Waals surface area contributed by atoms with Gasteiger partial charge in [-0.25, -0.2) is 4.98 Å². The van der Waals surface area contributed by atoms with Gasteiger partial charge in [0.25, 0.3) is 0 Å². The summed E-state index contributed by atoms with van der Waals surface area (Å²) < 4.78 is 6.07. The fourth-order valence-electron chi connectivity index (χ4n) is 2.66. The van der Waals surface area contributed by atoms with Crippen LogP contribution in [0, 0.1) is 0 Å². The molecule has 0 N–H and O–H groups in total. The molecule has 1 aliphatic rings. The minimum atomic E-state index is 0.134. The van der Waals surface area contributed by atoms with E-state index in [0.717, 1.165) is 39.0 Å². The van der Waals surface area contributed by atoms with Gasteiger partial charge in [0.15, 0.2) is 0 Å². The number of ether oxygens (including phenoxy) is 1. The lowest BCUT2D eigenvalue weighted by Gasteiger charge is -2.26. The van der Waals surface area contributed by atoms with Crippen molar-refractivity contribution in [2.45, 2.75) is 25.4 Å². The Balaban J connectivity index is 1.92. The van der Waals surface area contributed by atoms with Gasteiger partial charge in [0.2, 0.25) is 5.88 Å². The Morgan fingerprint density at radius 1 is 1.36 bits per heavy atom. The van der Waals surface area contributed by atoms with Crippen LogP contribution < -0.4 is 4.74 Å². The highest BCUT2D eigenvalue weighted by atomic mass is 35.5. The predicted octanol–water partition coefficient (Wildman–Crippen LogP) is 3.09. The third kappa shape index (κ3) is 5.95. The molecule has 0 amide bonds. The van der Waals surface area contributed by atoms with Crippen molar-refractivity contribution in [2.24, 2.45) is 0 Å². The summed E-state index contributed by atoms with van der Waals surface area (Å²) in [5.41, 5.74) is 0. The maximum atomic E-state index is 6.07. The number of aromatic nitrogens is 1. The first-order valence-corrected chi connectivity index (χ1v) is 8.35. The van der Waals surface area contributed by atoms with Crippen molar-refractivity contribution in [3.63, 3.8) is 0 Å². The summed E-state index contributed by atoms with van der Waals surface area (Å²) in [5, 5.41) is 0.630. The second-order valence-electron chi connectivity index (χ2n) is 5.88. The first-order chi connectivity index (χ1) is 10.7.